The van der Waals surface area contributed by atoms with Crippen LogP contribution >= 0.6 is 11.3 Å². The summed E-state index contributed by atoms with van der Waals surface area (Å²) in [5.74, 6) is -2.78. The summed E-state index contributed by atoms with van der Waals surface area (Å²) in [5.41, 5.74) is 7.25. The van der Waals surface area contributed by atoms with Crippen LogP contribution in [0.15, 0.2) is 12.2 Å². The van der Waals surface area contributed by atoms with Gasteiger partial charge in [0.05, 0.1) is 17.4 Å². The van der Waals surface area contributed by atoms with E-state index in [4.69, 9.17) is 5.73 Å². The molecule has 5 atom stereocenters. The van der Waals surface area contributed by atoms with Crippen molar-refractivity contribution in [3.05, 3.63) is 28.2 Å². The maximum absolute atomic E-state index is 13.2. The largest absolute Gasteiger partial charge is 0.481 e. The van der Waals surface area contributed by atoms with E-state index in [2.05, 4.69) is 26.1 Å². The zero-order valence-electron chi connectivity index (χ0n) is 17.7. The lowest BCUT2D eigenvalue weighted by atomic mass is 9.62. The second-order valence-corrected chi connectivity index (χ2v) is 11.2. The fourth-order valence-electron chi connectivity index (χ4n) is 5.56. The van der Waals surface area contributed by atoms with Crippen molar-refractivity contribution in [1.29, 1.82) is 0 Å². The molecule has 4 aliphatic rings. The Labute approximate surface area is 180 Å². The van der Waals surface area contributed by atoms with Gasteiger partial charge in [0.2, 0.25) is 5.91 Å². The second kappa shape index (κ2) is 7.52. The van der Waals surface area contributed by atoms with Crippen LogP contribution in [0.1, 0.15) is 60.8 Å². The summed E-state index contributed by atoms with van der Waals surface area (Å²) >= 11 is 1.43. The minimum Gasteiger partial charge on any atom is -0.481 e. The van der Waals surface area contributed by atoms with Gasteiger partial charge in [0.25, 0.3) is 5.91 Å². The number of carbonyl (C=O) groups excluding carboxylic acids is 2. The van der Waals surface area contributed by atoms with Gasteiger partial charge in [0, 0.05) is 4.88 Å². The average Bonchev–Trinajstić information content (AvgIpc) is 3.04. The minimum atomic E-state index is -0.928. The lowest BCUT2D eigenvalue weighted by Gasteiger charge is -2.41. The van der Waals surface area contributed by atoms with Crippen LogP contribution in [0.5, 0.6) is 0 Å². The van der Waals surface area contributed by atoms with Crippen molar-refractivity contribution < 1.29 is 19.5 Å². The summed E-state index contributed by atoms with van der Waals surface area (Å²) in [6.07, 6.45) is 8.18. The number of nitrogens with two attached hydrogens (primary N) is 1. The van der Waals surface area contributed by atoms with E-state index in [0.717, 1.165) is 42.5 Å². The number of primary amides is 1. The fourth-order valence-corrected chi connectivity index (χ4v) is 6.89. The SMILES string of the molecule is CC(C)(C)C1CCc2c(sc(NC(=O)C3C4C=CC(CC4)C3C(=O)O)c2C(N)=O)C1. The number of carbonyl (C=O) groups is 3. The highest BCUT2D eigenvalue weighted by molar-refractivity contribution is 7.17. The molecule has 1 aromatic heterocycles. The van der Waals surface area contributed by atoms with Gasteiger partial charge in [-0.1, -0.05) is 32.9 Å². The maximum Gasteiger partial charge on any atom is 0.307 e. The van der Waals surface area contributed by atoms with Gasteiger partial charge in [-0.2, -0.15) is 0 Å². The molecule has 1 fully saturated rings. The molecule has 2 amide bonds. The predicted octanol–water partition coefficient (Wildman–Crippen LogP) is 3.85. The molecular formula is C23H30N2O4S. The third-order valence-corrected chi connectivity index (χ3v) is 8.48. The number of anilines is 1. The van der Waals surface area contributed by atoms with E-state index in [1.54, 1.807) is 0 Å². The highest BCUT2D eigenvalue weighted by atomic mass is 32.1. The summed E-state index contributed by atoms with van der Waals surface area (Å²) in [6, 6.07) is 0. The molecular weight excluding hydrogens is 400 g/mol. The van der Waals surface area contributed by atoms with Crippen molar-refractivity contribution >= 4 is 34.1 Å². The molecule has 0 aromatic carbocycles. The van der Waals surface area contributed by atoms with E-state index in [1.807, 2.05) is 12.2 Å². The van der Waals surface area contributed by atoms with E-state index < -0.39 is 23.7 Å². The van der Waals surface area contributed by atoms with Crippen molar-refractivity contribution in [3.63, 3.8) is 0 Å². The minimum absolute atomic E-state index is 0.0759. The van der Waals surface area contributed by atoms with Gasteiger partial charge in [-0.3, -0.25) is 14.4 Å². The number of hydrogen-bond donors (Lipinski definition) is 3. The van der Waals surface area contributed by atoms with Crippen LogP contribution in [-0.4, -0.2) is 22.9 Å². The number of aliphatic carboxylic acids is 1. The van der Waals surface area contributed by atoms with Crippen LogP contribution in [0.4, 0.5) is 5.00 Å². The number of allylic oxidation sites excluding steroid dienone is 2. The molecule has 4 N–H and O–H groups in total. The lowest BCUT2D eigenvalue weighted by molar-refractivity contribution is -0.151. The molecule has 1 aromatic rings. The third kappa shape index (κ3) is 3.57. The van der Waals surface area contributed by atoms with E-state index in [9.17, 15) is 19.5 Å². The summed E-state index contributed by atoms with van der Waals surface area (Å²) in [4.78, 5) is 38.5. The number of rotatable bonds is 4. The maximum atomic E-state index is 13.2. The highest BCUT2D eigenvalue weighted by Gasteiger charge is 2.48. The Hall–Kier alpha value is -2.15. The zero-order valence-corrected chi connectivity index (χ0v) is 18.6. The van der Waals surface area contributed by atoms with Gasteiger partial charge in [-0.15, -0.1) is 11.3 Å². The van der Waals surface area contributed by atoms with Crippen LogP contribution in [0, 0.1) is 35.0 Å². The summed E-state index contributed by atoms with van der Waals surface area (Å²) in [7, 11) is 0. The first-order chi connectivity index (χ1) is 14.1. The van der Waals surface area contributed by atoms with Crippen molar-refractivity contribution in [3.8, 4) is 0 Å². The monoisotopic (exact) mass is 430 g/mol. The molecule has 5 unspecified atom stereocenters. The quantitative estimate of drug-likeness (QED) is 0.630. The Bertz CT molecular complexity index is 926. The lowest BCUT2D eigenvalue weighted by Crippen LogP contribution is -2.47. The van der Waals surface area contributed by atoms with Crippen LogP contribution in [0.2, 0.25) is 0 Å². The van der Waals surface area contributed by atoms with Gasteiger partial charge < -0.3 is 16.2 Å². The second-order valence-electron chi connectivity index (χ2n) is 10.0. The first kappa shape index (κ1) is 21.1. The smallest absolute Gasteiger partial charge is 0.307 e. The molecule has 0 aliphatic heterocycles. The van der Waals surface area contributed by atoms with Crippen LogP contribution < -0.4 is 11.1 Å². The molecule has 1 heterocycles. The number of nitrogens with one attached hydrogen (secondary N) is 1. The van der Waals surface area contributed by atoms with E-state index in [-0.39, 0.29) is 23.2 Å². The number of amides is 2. The molecule has 0 radical (unpaired) electrons. The standard InChI is InChI=1S/C23H30N2O4S/c1-23(2,3)13-8-9-14-15(10-13)30-21(18(14)19(24)26)25-20(27)16-11-4-6-12(7-5-11)17(16)22(28)29/h4,6,11-13,16-17H,5,7-10H2,1-3H3,(H2,24,26)(H,25,27)(H,28,29). The Morgan fingerprint density at radius 1 is 1.10 bits per heavy atom. The average molecular weight is 431 g/mol. The number of thiophene rings is 1. The number of hydrogen-bond acceptors (Lipinski definition) is 4. The number of fused-ring (bicyclic) bond motifs is 3. The Balaban J connectivity index is 1.63. The molecule has 1 saturated carbocycles. The van der Waals surface area contributed by atoms with Crippen molar-refractivity contribution in [2.75, 3.05) is 5.32 Å². The third-order valence-electron chi connectivity index (χ3n) is 7.31. The molecule has 30 heavy (non-hydrogen) atoms. The normalized spacial score (nSPS) is 30.0. The van der Waals surface area contributed by atoms with Gasteiger partial charge in [-0.05, 0) is 60.8 Å². The van der Waals surface area contributed by atoms with Crippen LogP contribution in [0.25, 0.3) is 0 Å². The Kier molecular flexibility index (Phi) is 5.29. The van der Waals surface area contributed by atoms with E-state index >= 15 is 0 Å². The van der Waals surface area contributed by atoms with E-state index in [1.165, 1.54) is 11.3 Å². The summed E-state index contributed by atoms with van der Waals surface area (Å²) in [6.45, 7) is 6.68. The van der Waals surface area contributed by atoms with E-state index in [0.29, 0.717) is 16.5 Å². The molecule has 4 aliphatic carbocycles. The Morgan fingerprint density at radius 2 is 1.73 bits per heavy atom. The first-order valence-electron chi connectivity index (χ1n) is 10.7. The topological polar surface area (TPSA) is 109 Å². The first-order valence-corrected chi connectivity index (χ1v) is 11.6. The molecule has 162 valence electrons. The Morgan fingerprint density at radius 3 is 2.27 bits per heavy atom. The van der Waals surface area contributed by atoms with Crippen molar-refractivity contribution in [2.24, 2.45) is 40.7 Å². The molecule has 6 nitrogen and oxygen atoms in total. The number of carboxylic acids is 1. The molecule has 0 saturated heterocycles. The molecule has 2 bridgehead atoms. The molecule has 7 heteroatoms. The van der Waals surface area contributed by atoms with Gasteiger partial charge in [0.1, 0.15) is 5.00 Å². The van der Waals surface area contributed by atoms with Crippen LogP contribution in [0.3, 0.4) is 0 Å². The van der Waals surface area contributed by atoms with Gasteiger partial charge in [-0.25, -0.2) is 0 Å². The number of carboxylic acid groups (broad SMARTS) is 1. The zero-order chi connectivity index (χ0) is 21.8. The predicted molar refractivity (Wildman–Crippen MR) is 116 cm³/mol. The van der Waals surface area contributed by atoms with Gasteiger partial charge in [0.15, 0.2) is 0 Å². The molecule has 5 rings (SSSR count). The van der Waals surface area contributed by atoms with Gasteiger partial charge >= 0.3 is 5.97 Å². The summed E-state index contributed by atoms with van der Waals surface area (Å²) < 4.78 is 0. The van der Waals surface area contributed by atoms with Crippen LogP contribution in [-0.2, 0) is 22.4 Å². The fraction of sp³-hybridized carbons (Fsp3) is 0.609. The summed E-state index contributed by atoms with van der Waals surface area (Å²) in [5, 5.41) is 13.2. The van der Waals surface area contributed by atoms with Crippen molar-refractivity contribution in [1.82, 2.24) is 0 Å². The highest BCUT2D eigenvalue weighted by Crippen LogP contribution is 2.47. The molecule has 0 spiro atoms. The van der Waals surface area contributed by atoms with Crippen molar-refractivity contribution in [2.45, 2.75) is 52.9 Å².